The zero-order valence-corrected chi connectivity index (χ0v) is 16.3. The minimum absolute atomic E-state index is 0.892. The lowest BCUT2D eigenvalue weighted by Crippen LogP contribution is -2.47. The Morgan fingerprint density at radius 1 is 0.810 bits per heavy atom. The average Bonchev–Trinajstić information content (AvgIpc) is 3.07. The van der Waals surface area contributed by atoms with E-state index in [-0.39, 0.29) is 0 Å². The molecule has 0 saturated heterocycles. The Hall–Kier alpha value is 0.397. The number of hydrogen-bond acceptors (Lipinski definition) is 2. The largest absolute Gasteiger partial charge is 0.130 e. The summed E-state index contributed by atoms with van der Waals surface area (Å²) in [5.74, 6) is 3.68. The molecule has 2 aliphatic heterocycles. The summed E-state index contributed by atoms with van der Waals surface area (Å²) in [7, 11) is -1.26. The molecule has 0 aromatic rings. The van der Waals surface area contributed by atoms with Crippen LogP contribution in [-0.2, 0) is 0 Å². The van der Waals surface area contributed by atoms with Crippen LogP contribution in [0.4, 0.5) is 0 Å². The van der Waals surface area contributed by atoms with E-state index in [4.69, 9.17) is 0 Å². The van der Waals surface area contributed by atoms with Gasteiger partial charge >= 0.3 is 0 Å². The average molecular weight is 337 g/mol. The van der Waals surface area contributed by atoms with Crippen molar-refractivity contribution in [3.8, 4) is 0 Å². The molecule has 116 valence electrons. The van der Waals surface area contributed by atoms with Gasteiger partial charge in [-0.05, 0) is 58.4 Å². The van der Waals surface area contributed by atoms with Gasteiger partial charge in [-0.3, -0.25) is 0 Å². The Balaban J connectivity index is 1.63. The lowest BCUT2D eigenvalue weighted by Gasteiger charge is -2.44. The molecule has 0 nitrogen and oxygen atoms in total. The molecule has 2 heterocycles. The van der Waals surface area contributed by atoms with Crippen LogP contribution in [0, 0.1) is 23.7 Å². The molecule has 3 heteroatoms. The van der Waals surface area contributed by atoms with Crippen LogP contribution in [-0.4, -0.2) is 18.6 Å². The normalized spacial score (nSPS) is 51.6. The lowest BCUT2D eigenvalue weighted by atomic mass is 10.1. The molecule has 8 atom stereocenters. The highest BCUT2D eigenvalue weighted by molar-refractivity contribution is 8.03. The van der Waals surface area contributed by atoms with Crippen LogP contribution in [0.2, 0.25) is 24.2 Å². The van der Waals surface area contributed by atoms with Crippen molar-refractivity contribution in [1.29, 1.82) is 0 Å². The van der Waals surface area contributed by atoms with Crippen molar-refractivity contribution < 1.29 is 0 Å². The first-order chi connectivity index (χ1) is 10.00. The minimum atomic E-state index is -1.26. The number of thioether (sulfide) groups is 2. The topological polar surface area (TPSA) is 0 Å². The highest BCUT2D eigenvalue weighted by Gasteiger charge is 2.57. The van der Waals surface area contributed by atoms with E-state index in [1.807, 2.05) is 0 Å². The number of hydrogen-bond donors (Lipinski definition) is 0. The van der Waals surface area contributed by atoms with Gasteiger partial charge in [-0.2, -0.15) is 0 Å². The van der Waals surface area contributed by atoms with Crippen LogP contribution in [0.15, 0.2) is 23.0 Å². The summed E-state index contributed by atoms with van der Waals surface area (Å²) in [5.41, 5.74) is 2.05. The van der Waals surface area contributed by atoms with Gasteiger partial charge in [0.05, 0.1) is 8.07 Å². The van der Waals surface area contributed by atoms with E-state index in [2.05, 4.69) is 73.4 Å². The highest BCUT2D eigenvalue weighted by Crippen LogP contribution is 2.63. The molecule has 6 unspecified atom stereocenters. The van der Waals surface area contributed by atoms with Crippen molar-refractivity contribution in [3.05, 3.63) is 23.0 Å². The number of rotatable bonds is 2. The fraction of sp³-hybridized carbons (Fsp3) is 0.778. The van der Waals surface area contributed by atoms with Crippen LogP contribution < -0.4 is 0 Å². The van der Waals surface area contributed by atoms with E-state index >= 15 is 0 Å². The SMILES string of the molecule is CC1C[C@@H]2C=CSC2C1[Si](C)(C)C1C(C)C[C@@H]2C=CSC12. The van der Waals surface area contributed by atoms with Crippen LogP contribution in [0.1, 0.15) is 26.7 Å². The molecule has 2 saturated carbocycles. The van der Waals surface area contributed by atoms with Crippen LogP contribution in [0.3, 0.4) is 0 Å². The fourth-order valence-electron chi connectivity index (χ4n) is 6.36. The first kappa shape index (κ1) is 15.0. The first-order valence-corrected chi connectivity index (χ1v) is 13.7. The minimum Gasteiger partial charge on any atom is -0.130 e. The molecule has 0 radical (unpaired) electrons. The van der Waals surface area contributed by atoms with Crippen molar-refractivity contribution in [3.63, 3.8) is 0 Å². The van der Waals surface area contributed by atoms with Gasteiger partial charge in [0.15, 0.2) is 0 Å². The van der Waals surface area contributed by atoms with Gasteiger partial charge in [0.2, 0.25) is 0 Å². The summed E-state index contributed by atoms with van der Waals surface area (Å²) >= 11 is 4.34. The third-order valence-corrected chi connectivity index (χ3v) is 15.2. The van der Waals surface area contributed by atoms with E-state index < -0.39 is 8.07 Å². The quantitative estimate of drug-likeness (QED) is 0.567. The highest BCUT2D eigenvalue weighted by atomic mass is 32.2. The molecule has 21 heavy (non-hydrogen) atoms. The predicted molar refractivity (Wildman–Crippen MR) is 101 cm³/mol. The van der Waals surface area contributed by atoms with Crippen LogP contribution in [0.25, 0.3) is 0 Å². The first-order valence-electron chi connectivity index (χ1n) is 8.64. The zero-order valence-electron chi connectivity index (χ0n) is 13.7. The molecular weight excluding hydrogens is 308 g/mol. The van der Waals surface area contributed by atoms with Crippen LogP contribution >= 0.6 is 23.5 Å². The monoisotopic (exact) mass is 336 g/mol. The van der Waals surface area contributed by atoms with Gasteiger partial charge < -0.3 is 0 Å². The molecule has 2 fully saturated rings. The van der Waals surface area contributed by atoms with Crippen molar-refractivity contribution >= 4 is 31.6 Å². The summed E-state index contributed by atoms with van der Waals surface area (Å²) in [6.07, 6.45) is 7.94. The number of fused-ring (bicyclic) bond motifs is 2. The van der Waals surface area contributed by atoms with Crippen LogP contribution in [0.5, 0.6) is 0 Å². The zero-order chi connectivity index (χ0) is 14.8. The Kier molecular flexibility index (Phi) is 3.71. The van der Waals surface area contributed by atoms with Gasteiger partial charge in [0, 0.05) is 10.5 Å². The fourth-order valence-corrected chi connectivity index (χ4v) is 17.4. The second-order valence-corrected chi connectivity index (χ2v) is 15.6. The molecule has 2 aliphatic carbocycles. The van der Waals surface area contributed by atoms with Gasteiger partial charge in [-0.15, -0.1) is 23.5 Å². The summed E-state index contributed by atoms with van der Waals surface area (Å²) < 4.78 is 0. The Morgan fingerprint density at radius 2 is 1.24 bits per heavy atom. The van der Waals surface area contributed by atoms with Gasteiger partial charge in [0.25, 0.3) is 0 Å². The predicted octanol–water partition coefficient (Wildman–Crippen LogP) is 6.01. The molecule has 0 aromatic heterocycles. The molecule has 0 bridgehead atoms. The molecular formula is C18H28S2Si. The van der Waals surface area contributed by atoms with Gasteiger partial charge in [0.1, 0.15) is 0 Å². The Morgan fingerprint density at radius 3 is 1.67 bits per heavy atom. The second-order valence-electron chi connectivity index (χ2n) is 8.49. The lowest BCUT2D eigenvalue weighted by molar-refractivity contribution is 0.544. The summed E-state index contributed by atoms with van der Waals surface area (Å²) in [4.78, 5) is 0. The third-order valence-electron chi connectivity index (χ3n) is 6.91. The molecule has 0 amide bonds. The maximum atomic E-state index is 2.75. The number of allylic oxidation sites excluding steroid dienone is 2. The van der Waals surface area contributed by atoms with E-state index in [9.17, 15) is 0 Å². The van der Waals surface area contributed by atoms with Crippen molar-refractivity contribution in [2.45, 2.75) is 61.4 Å². The van der Waals surface area contributed by atoms with E-state index in [1.165, 1.54) is 12.8 Å². The molecule has 0 N–H and O–H groups in total. The smallest absolute Gasteiger partial charge is 0.0564 e. The van der Waals surface area contributed by atoms with E-state index in [1.54, 1.807) is 0 Å². The standard InChI is InChI=1S/C18H28S2Si/c1-11-9-13-5-7-19-15(13)17(11)21(3,4)18-12(2)10-14-6-8-20-16(14)18/h5-8,11-18H,9-10H2,1-4H3/t11?,12?,13-,14-,15?,16?,17?,18?/m0/s1. The molecule has 0 aromatic carbocycles. The maximum Gasteiger partial charge on any atom is 0.0564 e. The van der Waals surface area contributed by atoms with E-state index in [0.29, 0.717) is 0 Å². The third kappa shape index (κ3) is 2.17. The summed E-state index contributed by atoms with van der Waals surface area (Å²) in [6, 6.07) is 0. The molecule has 0 spiro atoms. The maximum absolute atomic E-state index is 2.75. The van der Waals surface area contributed by atoms with Crippen molar-refractivity contribution in [1.82, 2.24) is 0 Å². The Bertz CT molecular complexity index is 442. The van der Waals surface area contributed by atoms with Crippen molar-refractivity contribution in [2.75, 3.05) is 0 Å². The van der Waals surface area contributed by atoms with Gasteiger partial charge in [-0.1, -0.05) is 39.1 Å². The van der Waals surface area contributed by atoms with Gasteiger partial charge in [-0.25, -0.2) is 0 Å². The van der Waals surface area contributed by atoms with Crippen molar-refractivity contribution in [2.24, 2.45) is 23.7 Å². The summed E-state index contributed by atoms with van der Waals surface area (Å²) in [6.45, 7) is 10.6. The Labute approximate surface area is 139 Å². The molecule has 4 aliphatic rings. The summed E-state index contributed by atoms with van der Waals surface area (Å²) in [5, 5.41) is 6.66. The van der Waals surface area contributed by atoms with E-state index in [0.717, 1.165) is 45.3 Å². The second kappa shape index (κ2) is 5.21. The molecule has 4 rings (SSSR count).